The zero-order valence-corrected chi connectivity index (χ0v) is 16.1. The van der Waals surface area contributed by atoms with Gasteiger partial charge in [0.15, 0.2) is 0 Å². The van der Waals surface area contributed by atoms with E-state index >= 15 is 0 Å². The number of nitrogens with zero attached hydrogens (tertiary/aromatic N) is 2. The van der Waals surface area contributed by atoms with Crippen molar-refractivity contribution in [1.82, 2.24) is 9.88 Å². The van der Waals surface area contributed by atoms with E-state index in [0.29, 0.717) is 24.3 Å². The third-order valence-electron chi connectivity index (χ3n) is 5.36. The Morgan fingerprint density at radius 1 is 1.18 bits per heavy atom. The van der Waals surface area contributed by atoms with Crippen molar-refractivity contribution in [2.24, 2.45) is 0 Å². The van der Waals surface area contributed by atoms with E-state index in [2.05, 4.69) is 4.98 Å². The van der Waals surface area contributed by atoms with Crippen LogP contribution in [0.15, 0.2) is 54.7 Å². The summed E-state index contributed by atoms with van der Waals surface area (Å²) in [6.07, 6.45) is 3.99. The molecule has 28 heavy (non-hydrogen) atoms. The molecule has 5 heteroatoms. The Morgan fingerprint density at radius 3 is 2.68 bits per heavy atom. The molecule has 1 aliphatic heterocycles. The van der Waals surface area contributed by atoms with E-state index in [1.165, 1.54) is 0 Å². The van der Waals surface area contributed by atoms with Crippen LogP contribution in [0.4, 0.5) is 5.69 Å². The molecule has 0 spiro atoms. The number of nitrogens with two attached hydrogens (primary N) is 1. The predicted octanol–water partition coefficient (Wildman–Crippen LogP) is 4.13. The number of rotatable bonds is 5. The van der Waals surface area contributed by atoms with Crippen molar-refractivity contribution in [2.75, 3.05) is 25.4 Å². The lowest BCUT2D eigenvalue weighted by Crippen LogP contribution is -2.37. The number of hydrogen-bond donors (Lipinski definition) is 1. The van der Waals surface area contributed by atoms with Crippen molar-refractivity contribution in [3.8, 4) is 11.1 Å². The molecular formula is C23H25N3O2. The number of hydrogen-bond acceptors (Lipinski definition) is 4. The quantitative estimate of drug-likeness (QED) is 0.728. The second kappa shape index (κ2) is 7.98. The van der Waals surface area contributed by atoms with Gasteiger partial charge < -0.3 is 15.4 Å². The highest BCUT2D eigenvalue weighted by Crippen LogP contribution is 2.27. The number of likely N-dealkylation sites (N-methyl/N-ethyl adjacent to an activating group) is 1. The highest BCUT2D eigenvalue weighted by atomic mass is 16.5. The Labute approximate surface area is 165 Å². The molecule has 1 fully saturated rings. The van der Waals surface area contributed by atoms with E-state index < -0.39 is 0 Å². The number of aromatic nitrogens is 1. The summed E-state index contributed by atoms with van der Waals surface area (Å²) >= 11 is 0. The number of anilines is 1. The number of pyridine rings is 1. The average Bonchev–Trinajstić information content (AvgIpc) is 3.25. The largest absolute Gasteiger partial charge is 0.398 e. The molecule has 0 bridgehead atoms. The first-order valence-electron chi connectivity index (χ1n) is 9.81. The highest BCUT2D eigenvalue weighted by molar-refractivity contribution is 5.96. The fraction of sp³-hybridized carbons (Fsp3) is 0.304. The summed E-state index contributed by atoms with van der Waals surface area (Å²) in [4.78, 5) is 19.1. The molecule has 1 aliphatic rings. The SMILES string of the molecule is CCN(C[C@H]1CCCO1)C(=O)c1ccc(-c2ccc3nccc(N)c3c2)cc1. The first-order valence-corrected chi connectivity index (χ1v) is 9.81. The third kappa shape index (κ3) is 3.71. The van der Waals surface area contributed by atoms with E-state index in [4.69, 9.17) is 10.5 Å². The predicted molar refractivity (Wildman–Crippen MR) is 112 cm³/mol. The maximum absolute atomic E-state index is 12.9. The van der Waals surface area contributed by atoms with Crippen molar-refractivity contribution in [3.63, 3.8) is 0 Å². The van der Waals surface area contributed by atoms with Gasteiger partial charge in [0, 0.05) is 42.5 Å². The molecule has 2 N–H and O–H groups in total. The fourth-order valence-corrected chi connectivity index (χ4v) is 3.72. The van der Waals surface area contributed by atoms with Crippen LogP contribution >= 0.6 is 0 Å². The Hall–Kier alpha value is -2.92. The fourth-order valence-electron chi connectivity index (χ4n) is 3.72. The maximum Gasteiger partial charge on any atom is 0.253 e. The molecule has 2 heterocycles. The van der Waals surface area contributed by atoms with Crippen LogP contribution in [0.2, 0.25) is 0 Å². The molecule has 2 aromatic carbocycles. The van der Waals surface area contributed by atoms with Gasteiger partial charge in [0.1, 0.15) is 0 Å². The molecule has 1 atom stereocenters. The summed E-state index contributed by atoms with van der Waals surface area (Å²) in [5.41, 5.74) is 10.5. The van der Waals surface area contributed by atoms with Crippen LogP contribution in [0.1, 0.15) is 30.1 Å². The van der Waals surface area contributed by atoms with Gasteiger partial charge in [-0.2, -0.15) is 0 Å². The van der Waals surface area contributed by atoms with Crippen LogP contribution in [0, 0.1) is 0 Å². The molecule has 4 rings (SSSR count). The molecule has 0 unspecified atom stereocenters. The zero-order chi connectivity index (χ0) is 19.5. The Balaban J connectivity index is 1.54. The molecule has 0 saturated carbocycles. The topological polar surface area (TPSA) is 68.5 Å². The first kappa shape index (κ1) is 18.4. The minimum absolute atomic E-state index is 0.0523. The maximum atomic E-state index is 12.9. The summed E-state index contributed by atoms with van der Waals surface area (Å²) < 4.78 is 5.68. The molecule has 1 aromatic heterocycles. The van der Waals surface area contributed by atoms with E-state index in [0.717, 1.165) is 41.5 Å². The van der Waals surface area contributed by atoms with Crippen molar-refractivity contribution in [2.45, 2.75) is 25.9 Å². The number of benzene rings is 2. The molecule has 0 aliphatic carbocycles. The van der Waals surface area contributed by atoms with Crippen molar-refractivity contribution >= 4 is 22.5 Å². The minimum Gasteiger partial charge on any atom is -0.398 e. The lowest BCUT2D eigenvalue weighted by molar-refractivity contribution is 0.0539. The van der Waals surface area contributed by atoms with Crippen molar-refractivity contribution < 1.29 is 9.53 Å². The van der Waals surface area contributed by atoms with E-state index in [1.54, 1.807) is 12.3 Å². The third-order valence-corrected chi connectivity index (χ3v) is 5.36. The summed E-state index contributed by atoms with van der Waals surface area (Å²) in [7, 11) is 0. The number of nitrogen functional groups attached to an aromatic ring is 1. The van der Waals surface area contributed by atoms with Crippen LogP contribution in [0.3, 0.4) is 0 Å². The van der Waals surface area contributed by atoms with Gasteiger partial charge in [-0.25, -0.2) is 0 Å². The van der Waals surface area contributed by atoms with Gasteiger partial charge in [0.05, 0.1) is 11.6 Å². The summed E-state index contributed by atoms with van der Waals surface area (Å²) in [6, 6.07) is 15.6. The molecule has 1 saturated heterocycles. The lowest BCUT2D eigenvalue weighted by Gasteiger charge is -2.24. The molecule has 1 amide bonds. The van der Waals surface area contributed by atoms with Gasteiger partial charge in [0.25, 0.3) is 5.91 Å². The number of amides is 1. The van der Waals surface area contributed by atoms with E-state index in [1.807, 2.05) is 54.3 Å². The van der Waals surface area contributed by atoms with Gasteiger partial charge in [-0.1, -0.05) is 18.2 Å². The van der Waals surface area contributed by atoms with Crippen molar-refractivity contribution in [3.05, 3.63) is 60.3 Å². The lowest BCUT2D eigenvalue weighted by atomic mass is 10.0. The highest BCUT2D eigenvalue weighted by Gasteiger charge is 2.22. The Kier molecular flexibility index (Phi) is 5.26. The standard InChI is InChI=1S/C23H25N3O2/c1-2-26(15-19-4-3-13-28-19)23(27)17-7-5-16(6-8-17)18-9-10-22-20(14-18)21(24)11-12-25-22/h5-12,14,19H,2-4,13,15H2,1H3,(H2,24,25)/t19-/m1/s1. The Morgan fingerprint density at radius 2 is 1.96 bits per heavy atom. The monoisotopic (exact) mass is 375 g/mol. The number of fused-ring (bicyclic) bond motifs is 1. The summed E-state index contributed by atoms with van der Waals surface area (Å²) in [6.45, 7) is 4.15. The summed E-state index contributed by atoms with van der Waals surface area (Å²) in [5.74, 6) is 0.0523. The van der Waals surface area contributed by atoms with Crippen molar-refractivity contribution in [1.29, 1.82) is 0 Å². The van der Waals surface area contributed by atoms with Crippen LogP contribution in [0.5, 0.6) is 0 Å². The van der Waals surface area contributed by atoms with Gasteiger partial charge in [-0.3, -0.25) is 9.78 Å². The van der Waals surface area contributed by atoms with Gasteiger partial charge >= 0.3 is 0 Å². The second-order valence-electron chi connectivity index (χ2n) is 7.19. The first-order chi connectivity index (χ1) is 13.7. The number of carbonyl (C=O) groups excluding carboxylic acids is 1. The van der Waals surface area contributed by atoms with Crippen LogP contribution in [-0.2, 0) is 4.74 Å². The number of carbonyl (C=O) groups is 1. The van der Waals surface area contributed by atoms with E-state index in [9.17, 15) is 4.79 Å². The van der Waals surface area contributed by atoms with Crippen LogP contribution in [0.25, 0.3) is 22.0 Å². The van der Waals surface area contributed by atoms with E-state index in [-0.39, 0.29) is 12.0 Å². The minimum atomic E-state index is 0.0523. The Bertz CT molecular complexity index is 979. The van der Waals surface area contributed by atoms with Gasteiger partial charge in [-0.05, 0) is 61.2 Å². The second-order valence-corrected chi connectivity index (χ2v) is 7.19. The normalized spacial score (nSPS) is 16.4. The van der Waals surface area contributed by atoms with Gasteiger partial charge in [-0.15, -0.1) is 0 Å². The molecular weight excluding hydrogens is 350 g/mol. The van der Waals surface area contributed by atoms with Gasteiger partial charge in [0.2, 0.25) is 0 Å². The number of ether oxygens (including phenoxy) is 1. The van der Waals surface area contributed by atoms with Crippen LogP contribution < -0.4 is 5.73 Å². The molecule has 3 aromatic rings. The average molecular weight is 375 g/mol. The molecule has 144 valence electrons. The summed E-state index contributed by atoms with van der Waals surface area (Å²) in [5, 5.41) is 0.939. The zero-order valence-electron chi connectivity index (χ0n) is 16.1. The molecule has 5 nitrogen and oxygen atoms in total. The smallest absolute Gasteiger partial charge is 0.253 e. The molecule has 0 radical (unpaired) electrons. The van der Waals surface area contributed by atoms with Crippen LogP contribution in [-0.4, -0.2) is 41.6 Å².